The Balaban J connectivity index is 1.96. The highest BCUT2D eigenvalue weighted by Gasteiger charge is 2.07. The smallest absolute Gasteiger partial charge is 0.241 e. The molecule has 0 radical (unpaired) electrons. The summed E-state index contributed by atoms with van der Waals surface area (Å²) in [5.41, 5.74) is 0. The van der Waals surface area contributed by atoms with Gasteiger partial charge >= 0.3 is 0 Å². The molecule has 0 unspecified atom stereocenters. The Labute approximate surface area is 117 Å². The number of halogens is 1. The van der Waals surface area contributed by atoms with Crippen LogP contribution in [-0.4, -0.2) is 30.0 Å². The van der Waals surface area contributed by atoms with Crippen LogP contribution in [0.2, 0.25) is 5.15 Å². The maximum Gasteiger partial charge on any atom is 0.241 e. The lowest BCUT2D eigenvalue weighted by Gasteiger charge is -2.08. The van der Waals surface area contributed by atoms with Crippen molar-refractivity contribution < 1.29 is 9.47 Å². The van der Waals surface area contributed by atoms with Crippen molar-refractivity contribution in [2.75, 3.05) is 19.8 Å². The van der Waals surface area contributed by atoms with E-state index in [9.17, 15) is 0 Å². The number of nitrogens with zero attached hydrogens (tertiary/aromatic N) is 2. The summed E-state index contributed by atoms with van der Waals surface area (Å²) in [5.74, 6) is 0.499. The van der Waals surface area contributed by atoms with Crippen molar-refractivity contribution in [3.8, 4) is 5.88 Å². The molecule has 2 aromatic rings. The second-order valence-corrected chi connectivity index (χ2v) is 4.51. The second kappa shape index (κ2) is 7.26. The number of hydrogen-bond acceptors (Lipinski definition) is 4. The van der Waals surface area contributed by atoms with Gasteiger partial charge in [-0.2, -0.15) is 0 Å². The van der Waals surface area contributed by atoms with Gasteiger partial charge in [0.25, 0.3) is 0 Å². The molecule has 0 fully saturated rings. The molecule has 0 saturated carbocycles. The van der Waals surface area contributed by atoms with E-state index >= 15 is 0 Å². The summed E-state index contributed by atoms with van der Waals surface area (Å²) in [7, 11) is 0. The van der Waals surface area contributed by atoms with Gasteiger partial charge < -0.3 is 9.47 Å². The third kappa shape index (κ3) is 3.78. The largest absolute Gasteiger partial charge is 0.474 e. The molecule has 19 heavy (non-hydrogen) atoms. The van der Waals surface area contributed by atoms with Gasteiger partial charge in [0.2, 0.25) is 5.88 Å². The molecule has 0 atom stereocenters. The summed E-state index contributed by atoms with van der Waals surface area (Å²) in [6, 6.07) is 7.65. The molecule has 5 heteroatoms. The number of benzene rings is 1. The van der Waals surface area contributed by atoms with Gasteiger partial charge in [-0.05, 0) is 12.5 Å². The quantitative estimate of drug-likeness (QED) is 0.729. The molecular weight excluding hydrogens is 264 g/mol. The van der Waals surface area contributed by atoms with Gasteiger partial charge in [0, 0.05) is 17.4 Å². The van der Waals surface area contributed by atoms with Crippen LogP contribution in [0.15, 0.2) is 24.3 Å². The zero-order chi connectivity index (χ0) is 13.5. The molecular formula is C14H17ClN2O2. The van der Waals surface area contributed by atoms with Crippen LogP contribution in [0.5, 0.6) is 5.88 Å². The fraction of sp³-hybridized carbons (Fsp3) is 0.429. The lowest BCUT2D eigenvalue weighted by molar-refractivity contribution is 0.0967. The van der Waals surface area contributed by atoms with E-state index in [1.165, 1.54) is 0 Å². The Bertz CT molecular complexity index is 534. The number of ether oxygens (including phenoxy) is 2. The standard InChI is InChI=1S/C14H17ClN2O2/c1-2-3-8-18-9-10-19-14-12-7-5-4-6-11(12)13(15)16-17-14/h4-7H,2-3,8-10H2,1H3. The predicted molar refractivity (Wildman–Crippen MR) is 75.8 cm³/mol. The second-order valence-electron chi connectivity index (χ2n) is 4.16. The van der Waals surface area contributed by atoms with E-state index in [-0.39, 0.29) is 0 Å². The number of rotatable bonds is 7. The predicted octanol–water partition coefficient (Wildman–Crippen LogP) is 3.48. The zero-order valence-corrected chi connectivity index (χ0v) is 11.7. The van der Waals surface area contributed by atoms with Gasteiger partial charge in [-0.15, -0.1) is 10.2 Å². The number of aromatic nitrogens is 2. The van der Waals surface area contributed by atoms with E-state index in [0.717, 1.165) is 30.2 Å². The van der Waals surface area contributed by atoms with Crippen LogP contribution >= 0.6 is 11.6 Å². The normalized spacial score (nSPS) is 10.8. The van der Waals surface area contributed by atoms with Crippen LogP contribution in [0.3, 0.4) is 0 Å². The number of fused-ring (bicyclic) bond motifs is 1. The highest BCUT2D eigenvalue weighted by Crippen LogP contribution is 2.26. The van der Waals surface area contributed by atoms with Gasteiger partial charge in [0.1, 0.15) is 6.61 Å². The zero-order valence-electron chi connectivity index (χ0n) is 10.9. The minimum Gasteiger partial charge on any atom is -0.474 e. The molecule has 0 aliphatic heterocycles. The fourth-order valence-electron chi connectivity index (χ4n) is 1.70. The molecule has 0 N–H and O–H groups in total. The highest BCUT2D eigenvalue weighted by atomic mass is 35.5. The van der Waals surface area contributed by atoms with Crippen LogP contribution in [0.4, 0.5) is 0 Å². The van der Waals surface area contributed by atoms with Crippen molar-refractivity contribution >= 4 is 22.4 Å². The molecule has 0 amide bonds. The molecule has 0 saturated heterocycles. The van der Waals surface area contributed by atoms with Crippen molar-refractivity contribution in [3.05, 3.63) is 29.4 Å². The lowest BCUT2D eigenvalue weighted by atomic mass is 10.2. The van der Waals surface area contributed by atoms with Gasteiger partial charge in [-0.3, -0.25) is 0 Å². The summed E-state index contributed by atoms with van der Waals surface area (Å²) in [5, 5.41) is 9.98. The average molecular weight is 281 g/mol. The van der Waals surface area contributed by atoms with Gasteiger partial charge in [0.15, 0.2) is 5.15 Å². The van der Waals surface area contributed by atoms with Crippen LogP contribution in [0.25, 0.3) is 10.8 Å². The maximum absolute atomic E-state index is 5.99. The van der Waals surface area contributed by atoms with Gasteiger partial charge in [-0.25, -0.2) is 0 Å². The summed E-state index contributed by atoms with van der Waals surface area (Å²) >= 11 is 5.99. The topological polar surface area (TPSA) is 44.2 Å². The summed E-state index contributed by atoms with van der Waals surface area (Å²) in [6.07, 6.45) is 2.21. The Morgan fingerprint density at radius 2 is 1.84 bits per heavy atom. The molecule has 102 valence electrons. The first-order valence-corrected chi connectivity index (χ1v) is 6.82. The lowest BCUT2D eigenvalue weighted by Crippen LogP contribution is -2.09. The Kier molecular flexibility index (Phi) is 5.36. The van der Waals surface area contributed by atoms with E-state index < -0.39 is 0 Å². The highest BCUT2D eigenvalue weighted by molar-refractivity contribution is 6.34. The summed E-state index contributed by atoms with van der Waals surface area (Å²) in [6.45, 7) is 3.92. The van der Waals surface area contributed by atoms with Gasteiger partial charge in [-0.1, -0.05) is 43.1 Å². The first-order chi connectivity index (χ1) is 9.33. The van der Waals surface area contributed by atoms with E-state index in [2.05, 4.69) is 17.1 Å². The maximum atomic E-state index is 5.99. The Hall–Kier alpha value is -1.39. The summed E-state index contributed by atoms with van der Waals surface area (Å²) < 4.78 is 11.0. The molecule has 0 aliphatic rings. The molecule has 1 aromatic heterocycles. The molecule has 0 spiro atoms. The first kappa shape index (κ1) is 14.0. The van der Waals surface area contributed by atoms with E-state index in [1.54, 1.807) is 0 Å². The molecule has 4 nitrogen and oxygen atoms in total. The SMILES string of the molecule is CCCCOCCOc1nnc(Cl)c2ccccc12. The van der Waals surface area contributed by atoms with E-state index in [4.69, 9.17) is 21.1 Å². The van der Waals surface area contributed by atoms with Crippen LogP contribution in [0, 0.1) is 0 Å². The number of unbranched alkanes of at least 4 members (excludes halogenated alkanes) is 1. The number of hydrogen-bond donors (Lipinski definition) is 0. The Morgan fingerprint density at radius 3 is 2.63 bits per heavy atom. The van der Waals surface area contributed by atoms with Crippen molar-refractivity contribution in [1.82, 2.24) is 10.2 Å². The van der Waals surface area contributed by atoms with E-state index in [0.29, 0.717) is 24.2 Å². The third-order valence-electron chi connectivity index (χ3n) is 2.72. The fourth-order valence-corrected chi connectivity index (χ4v) is 1.90. The monoisotopic (exact) mass is 280 g/mol. The molecule has 2 rings (SSSR count). The minimum absolute atomic E-state index is 0.391. The molecule has 1 aromatic carbocycles. The summed E-state index contributed by atoms with van der Waals surface area (Å²) in [4.78, 5) is 0. The van der Waals surface area contributed by atoms with Crippen LogP contribution in [-0.2, 0) is 4.74 Å². The average Bonchev–Trinajstić information content (AvgIpc) is 2.45. The molecule has 1 heterocycles. The van der Waals surface area contributed by atoms with Crippen molar-refractivity contribution in [2.24, 2.45) is 0 Å². The van der Waals surface area contributed by atoms with Crippen molar-refractivity contribution in [3.63, 3.8) is 0 Å². The van der Waals surface area contributed by atoms with Crippen LogP contribution < -0.4 is 4.74 Å². The third-order valence-corrected chi connectivity index (χ3v) is 3.00. The molecule has 0 aliphatic carbocycles. The van der Waals surface area contributed by atoms with Gasteiger partial charge in [0.05, 0.1) is 6.61 Å². The Morgan fingerprint density at radius 1 is 1.05 bits per heavy atom. The van der Waals surface area contributed by atoms with Crippen molar-refractivity contribution in [1.29, 1.82) is 0 Å². The van der Waals surface area contributed by atoms with Crippen LogP contribution in [0.1, 0.15) is 19.8 Å². The first-order valence-electron chi connectivity index (χ1n) is 6.44. The van der Waals surface area contributed by atoms with E-state index in [1.807, 2.05) is 24.3 Å². The minimum atomic E-state index is 0.391. The molecule has 0 bridgehead atoms. The van der Waals surface area contributed by atoms with Crippen molar-refractivity contribution in [2.45, 2.75) is 19.8 Å².